The molecule has 0 aliphatic carbocycles. The number of hydrogen-bond acceptors (Lipinski definition) is 12. The van der Waals surface area contributed by atoms with Crippen molar-refractivity contribution < 1.29 is 86.7 Å². The Labute approximate surface area is 202 Å². The van der Waals surface area contributed by atoms with Crippen LogP contribution in [0.5, 0.6) is 0 Å². The van der Waals surface area contributed by atoms with Crippen LogP contribution in [0.25, 0.3) is 0 Å². The van der Waals surface area contributed by atoms with Gasteiger partial charge in [0.2, 0.25) is 0 Å². The molecule has 0 spiro atoms. The van der Waals surface area contributed by atoms with E-state index in [0.717, 1.165) is 0 Å². The zero-order valence-electron chi connectivity index (χ0n) is 15.6. The van der Waals surface area contributed by atoms with Gasteiger partial charge in [0.1, 0.15) is 0 Å². The third kappa shape index (κ3) is 93.8. The Morgan fingerprint density at radius 2 is 0.581 bits per heavy atom. The van der Waals surface area contributed by atoms with Gasteiger partial charge in [0.25, 0.3) is 0 Å². The van der Waals surface area contributed by atoms with E-state index in [1.165, 1.54) is 11.1 Å². The first-order chi connectivity index (χ1) is 12.8. The summed E-state index contributed by atoms with van der Waals surface area (Å²) in [6, 6.07) is 20.5. The number of hydrogen-bond donors (Lipinski definition) is 0. The minimum atomic E-state index is -5.17. The first-order valence-electron chi connectivity index (χ1n) is 6.82. The fraction of sp³-hybridized carbons (Fsp3) is 0.143. The molecular formula is C14H16Fe2O12S3. The van der Waals surface area contributed by atoms with Crippen molar-refractivity contribution in [2.75, 3.05) is 0 Å². The molecule has 0 N–H and O–H groups in total. The van der Waals surface area contributed by atoms with E-state index in [2.05, 4.69) is 38.1 Å². The van der Waals surface area contributed by atoms with Crippen LogP contribution in [-0.4, -0.2) is 52.6 Å². The Bertz CT molecular complexity index is 833. The SMILES string of the molecule is Cc1ccccc1.Cc1ccccc1.O=S(=O)([O-])[O-].O=S(=O)([O-])[O-].O=S(=O)([O-])[O-].[Fe+3].[Fe+3]. The van der Waals surface area contributed by atoms with Crippen LogP contribution >= 0.6 is 0 Å². The number of aryl methyl sites for hydroxylation is 2. The fourth-order valence-corrected chi connectivity index (χ4v) is 1.07. The van der Waals surface area contributed by atoms with Gasteiger partial charge >= 0.3 is 34.1 Å². The predicted molar refractivity (Wildman–Crippen MR) is 93.8 cm³/mol. The molecule has 2 aromatic carbocycles. The average Bonchev–Trinajstić information content (AvgIpc) is 2.44. The van der Waals surface area contributed by atoms with Crippen molar-refractivity contribution in [1.82, 2.24) is 0 Å². The van der Waals surface area contributed by atoms with E-state index in [0.29, 0.717) is 0 Å². The molecule has 0 atom stereocenters. The van der Waals surface area contributed by atoms with Crippen LogP contribution in [0.1, 0.15) is 11.1 Å². The summed E-state index contributed by atoms with van der Waals surface area (Å²) in [6.07, 6.45) is 0. The number of rotatable bonds is 0. The second-order valence-corrected chi connectivity index (χ2v) is 6.98. The minimum absolute atomic E-state index is 0. The second-order valence-electron chi connectivity index (χ2n) is 4.53. The molecule has 0 amide bonds. The monoisotopic (exact) mass is 584 g/mol. The number of benzene rings is 2. The topological polar surface area (TPSA) is 241 Å². The van der Waals surface area contributed by atoms with Crippen molar-refractivity contribution in [3.63, 3.8) is 0 Å². The molecule has 0 fully saturated rings. The quantitative estimate of drug-likeness (QED) is 0.225. The normalized spacial score (nSPS) is 9.55. The molecule has 2 rings (SSSR count). The van der Waals surface area contributed by atoms with Crippen LogP contribution in [0, 0.1) is 13.8 Å². The molecule has 178 valence electrons. The first kappa shape index (κ1) is 40.4. The van der Waals surface area contributed by atoms with Gasteiger partial charge in [-0.25, -0.2) is 0 Å². The Balaban J connectivity index is -0.0000000906. The summed E-state index contributed by atoms with van der Waals surface area (Å²) < 4.78 is 102. The average molecular weight is 584 g/mol. The van der Waals surface area contributed by atoms with Crippen LogP contribution in [0.4, 0.5) is 0 Å². The van der Waals surface area contributed by atoms with Gasteiger partial charge in [0.15, 0.2) is 0 Å². The van der Waals surface area contributed by atoms with Crippen LogP contribution < -0.4 is 0 Å². The van der Waals surface area contributed by atoms with E-state index < -0.39 is 31.2 Å². The standard InChI is InChI=1S/2C7H8.2Fe.3H2O4S/c2*1-7-5-3-2-4-6-7;;;3*1-5(2,3)4/h2*2-6H,1H3;;;3*(H2,1,2,3,4)/q;;2*+3;;;/p-6. The van der Waals surface area contributed by atoms with E-state index in [1.54, 1.807) is 0 Å². The molecule has 2 aromatic rings. The van der Waals surface area contributed by atoms with E-state index in [4.69, 9.17) is 52.6 Å². The largest absolute Gasteiger partial charge is 3.00 e. The zero-order chi connectivity index (χ0) is 23.7. The second kappa shape index (κ2) is 21.0. The van der Waals surface area contributed by atoms with Crippen molar-refractivity contribution in [2.24, 2.45) is 0 Å². The Kier molecular flexibility index (Phi) is 27.4. The Hall–Kier alpha value is -0.911. The zero-order valence-corrected chi connectivity index (χ0v) is 20.3. The summed E-state index contributed by atoms with van der Waals surface area (Å²) in [5.41, 5.74) is 2.64. The van der Waals surface area contributed by atoms with Gasteiger partial charge in [-0.2, -0.15) is 0 Å². The molecule has 0 saturated heterocycles. The first-order valence-corrected chi connectivity index (χ1v) is 10.8. The third-order valence-electron chi connectivity index (χ3n) is 1.88. The van der Waals surface area contributed by atoms with E-state index >= 15 is 0 Å². The molecule has 2 radical (unpaired) electrons. The van der Waals surface area contributed by atoms with E-state index in [9.17, 15) is 0 Å². The van der Waals surface area contributed by atoms with Crippen molar-refractivity contribution in [3.8, 4) is 0 Å². The maximum Gasteiger partial charge on any atom is 3.00 e. The van der Waals surface area contributed by atoms with Gasteiger partial charge in [-0.15, -0.1) is 0 Å². The summed E-state index contributed by atoms with van der Waals surface area (Å²) in [5.74, 6) is 0. The van der Waals surface area contributed by atoms with Crippen molar-refractivity contribution in [2.45, 2.75) is 13.8 Å². The molecule has 0 aromatic heterocycles. The molecule has 0 aliphatic rings. The smallest absolute Gasteiger partial charge is 0.759 e. The summed E-state index contributed by atoms with van der Waals surface area (Å²) in [4.78, 5) is 0. The summed E-state index contributed by atoms with van der Waals surface area (Å²) in [7, 11) is -15.5. The maximum atomic E-state index is 8.52. The van der Waals surface area contributed by atoms with Crippen molar-refractivity contribution in [3.05, 3.63) is 71.8 Å². The van der Waals surface area contributed by atoms with Crippen molar-refractivity contribution in [1.29, 1.82) is 0 Å². The molecule has 0 heterocycles. The molecule has 0 saturated carbocycles. The van der Waals surface area contributed by atoms with Gasteiger partial charge in [0.05, 0.1) is 0 Å². The molecule has 0 unspecified atom stereocenters. The van der Waals surface area contributed by atoms with Gasteiger partial charge in [-0.3, -0.25) is 25.3 Å². The fourth-order valence-electron chi connectivity index (χ4n) is 1.07. The van der Waals surface area contributed by atoms with Crippen molar-refractivity contribution >= 4 is 31.2 Å². The van der Waals surface area contributed by atoms with E-state index in [1.807, 2.05) is 36.4 Å². The van der Waals surface area contributed by atoms with Crippen LogP contribution in [0.2, 0.25) is 0 Å². The van der Waals surface area contributed by atoms with Crippen LogP contribution in [-0.2, 0) is 65.3 Å². The minimum Gasteiger partial charge on any atom is -0.759 e. The van der Waals surface area contributed by atoms with Gasteiger partial charge in [-0.05, 0) is 13.8 Å². The third-order valence-corrected chi connectivity index (χ3v) is 1.88. The summed E-state index contributed by atoms with van der Waals surface area (Å²) in [6.45, 7) is 4.17. The predicted octanol–water partition coefficient (Wildman–Crippen LogP) is -0.0290. The van der Waals surface area contributed by atoms with Crippen LogP contribution in [0.15, 0.2) is 60.7 Å². The molecule has 12 nitrogen and oxygen atoms in total. The molecule has 0 aliphatic heterocycles. The van der Waals surface area contributed by atoms with Gasteiger partial charge in [0, 0.05) is 31.2 Å². The summed E-state index contributed by atoms with van der Waals surface area (Å²) >= 11 is 0. The van der Waals surface area contributed by atoms with E-state index in [-0.39, 0.29) is 34.1 Å². The van der Waals surface area contributed by atoms with Gasteiger partial charge in [-0.1, -0.05) is 71.8 Å². The Morgan fingerprint density at radius 3 is 0.645 bits per heavy atom. The molecule has 0 bridgehead atoms. The summed E-state index contributed by atoms with van der Waals surface area (Å²) in [5, 5.41) is 0. The Morgan fingerprint density at radius 1 is 0.452 bits per heavy atom. The molecular weight excluding hydrogens is 568 g/mol. The maximum absolute atomic E-state index is 8.52. The molecule has 17 heteroatoms. The van der Waals surface area contributed by atoms with Crippen LogP contribution in [0.3, 0.4) is 0 Å². The van der Waals surface area contributed by atoms with Gasteiger partial charge < -0.3 is 27.3 Å². The molecule has 31 heavy (non-hydrogen) atoms.